The van der Waals surface area contributed by atoms with E-state index in [2.05, 4.69) is 38.3 Å². The van der Waals surface area contributed by atoms with Crippen LogP contribution in [-0.4, -0.2) is 37.8 Å². The van der Waals surface area contributed by atoms with E-state index in [1.165, 1.54) is 11.1 Å². The molecule has 5 aromatic rings. The highest BCUT2D eigenvalue weighted by molar-refractivity contribution is 6.19. The molecule has 2 aliphatic rings. The van der Waals surface area contributed by atoms with Crippen LogP contribution in [0.1, 0.15) is 39.8 Å². The molecule has 0 unspecified atom stereocenters. The van der Waals surface area contributed by atoms with Crippen LogP contribution < -0.4 is 15.4 Å². The average molecular weight is 521 g/mol. The minimum absolute atomic E-state index is 0.0331. The van der Waals surface area contributed by atoms with Crippen molar-refractivity contribution in [2.45, 2.75) is 39.4 Å². The second-order valence-corrected chi connectivity index (χ2v) is 10.1. The quantitative estimate of drug-likeness (QED) is 0.356. The first-order chi connectivity index (χ1) is 19.0. The van der Waals surface area contributed by atoms with Crippen LogP contribution in [0.4, 0.5) is 0 Å². The van der Waals surface area contributed by atoms with Gasteiger partial charge in [-0.15, -0.1) is 0 Å². The summed E-state index contributed by atoms with van der Waals surface area (Å²) in [4.78, 5) is 29.9. The summed E-state index contributed by atoms with van der Waals surface area (Å²) in [6, 6.07) is 11.6. The molecule has 0 saturated heterocycles. The Bertz CT molecular complexity index is 1800. The van der Waals surface area contributed by atoms with Crippen molar-refractivity contribution in [3.05, 3.63) is 76.9 Å². The van der Waals surface area contributed by atoms with Gasteiger partial charge in [0.2, 0.25) is 0 Å². The highest BCUT2D eigenvalue weighted by Gasteiger charge is 2.35. The zero-order chi connectivity index (χ0) is 26.7. The zero-order valence-corrected chi connectivity index (χ0v) is 21.9. The van der Waals surface area contributed by atoms with Gasteiger partial charge in [-0.2, -0.15) is 5.10 Å². The lowest BCUT2D eigenvalue weighted by Crippen LogP contribution is -2.28. The molecule has 39 heavy (non-hydrogen) atoms. The van der Waals surface area contributed by atoms with Crippen molar-refractivity contribution in [1.29, 1.82) is 0 Å². The number of rotatable bonds is 6. The molecule has 9 nitrogen and oxygen atoms in total. The van der Waals surface area contributed by atoms with Crippen molar-refractivity contribution >= 4 is 33.6 Å². The Labute approximate surface area is 224 Å². The summed E-state index contributed by atoms with van der Waals surface area (Å²) in [5.41, 5.74) is 9.18. The Hall–Kier alpha value is -4.66. The second-order valence-electron chi connectivity index (χ2n) is 10.1. The van der Waals surface area contributed by atoms with Crippen LogP contribution in [0, 0.1) is 0 Å². The van der Waals surface area contributed by atoms with Gasteiger partial charge in [0.05, 0.1) is 29.0 Å². The molecular weight excluding hydrogens is 492 g/mol. The van der Waals surface area contributed by atoms with E-state index in [1.54, 1.807) is 6.20 Å². The van der Waals surface area contributed by atoms with Crippen molar-refractivity contribution in [2.24, 2.45) is 7.05 Å². The smallest absolute Gasteiger partial charge is 0.258 e. The highest BCUT2D eigenvalue weighted by Crippen LogP contribution is 2.47. The SMILES string of the molecule is CCn1c2ccc(OCC(=O)NCc3ccccn3)cc2c2c3c(c4c(c21)CCc1nn(C)cc1-4)C(=O)NC3. The van der Waals surface area contributed by atoms with Gasteiger partial charge in [-0.05, 0) is 61.2 Å². The summed E-state index contributed by atoms with van der Waals surface area (Å²) in [7, 11) is 1.93. The molecule has 1 aliphatic carbocycles. The monoisotopic (exact) mass is 520 g/mol. The number of amides is 2. The predicted octanol–water partition coefficient (Wildman–Crippen LogP) is 3.65. The van der Waals surface area contributed by atoms with Crippen LogP contribution in [0.2, 0.25) is 0 Å². The van der Waals surface area contributed by atoms with E-state index in [9.17, 15) is 9.59 Å². The van der Waals surface area contributed by atoms with Gasteiger partial charge >= 0.3 is 0 Å². The van der Waals surface area contributed by atoms with Crippen LogP contribution in [0.25, 0.3) is 32.9 Å². The minimum atomic E-state index is -0.214. The van der Waals surface area contributed by atoms with E-state index >= 15 is 0 Å². The fraction of sp³-hybridized carbons (Fsp3) is 0.267. The van der Waals surface area contributed by atoms with Crippen LogP contribution in [-0.2, 0) is 44.3 Å². The molecule has 2 amide bonds. The van der Waals surface area contributed by atoms with E-state index in [1.807, 2.05) is 48.3 Å². The Morgan fingerprint density at radius 2 is 2.05 bits per heavy atom. The number of fused-ring (bicyclic) bond motifs is 10. The normalized spacial score (nSPS) is 13.7. The molecule has 7 rings (SSSR count). The highest BCUT2D eigenvalue weighted by atomic mass is 16.5. The van der Waals surface area contributed by atoms with E-state index in [0.29, 0.717) is 18.8 Å². The summed E-state index contributed by atoms with van der Waals surface area (Å²) < 4.78 is 10.1. The van der Waals surface area contributed by atoms with Crippen molar-refractivity contribution in [3.8, 4) is 16.9 Å². The number of carbonyl (C=O) groups is 2. The molecule has 9 heteroatoms. The summed E-state index contributed by atoms with van der Waals surface area (Å²) in [5, 5.41) is 12.7. The molecule has 196 valence electrons. The van der Waals surface area contributed by atoms with E-state index < -0.39 is 0 Å². The molecule has 1 aliphatic heterocycles. The maximum atomic E-state index is 13.2. The third-order valence-electron chi connectivity index (χ3n) is 7.79. The summed E-state index contributed by atoms with van der Waals surface area (Å²) in [6.07, 6.45) is 5.40. The number of ether oxygens (including phenoxy) is 1. The molecule has 3 aromatic heterocycles. The number of aromatic nitrogens is 4. The van der Waals surface area contributed by atoms with Crippen LogP contribution >= 0.6 is 0 Å². The Morgan fingerprint density at radius 1 is 1.15 bits per heavy atom. The molecule has 0 radical (unpaired) electrons. The number of hydrogen-bond donors (Lipinski definition) is 2. The number of nitrogens with zero attached hydrogens (tertiary/aromatic N) is 4. The van der Waals surface area contributed by atoms with Gasteiger partial charge in [-0.25, -0.2) is 0 Å². The largest absolute Gasteiger partial charge is 0.484 e. The fourth-order valence-electron chi connectivity index (χ4n) is 6.20. The van der Waals surface area contributed by atoms with Gasteiger partial charge in [0.15, 0.2) is 6.61 Å². The first-order valence-corrected chi connectivity index (χ1v) is 13.3. The molecule has 0 saturated carbocycles. The first kappa shape index (κ1) is 23.5. The summed E-state index contributed by atoms with van der Waals surface area (Å²) in [5.74, 6) is 0.368. The maximum absolute atomic E-state index is 13.2. The third kappa shape index (κ3) is 3.68. The predicted molar refractivity (Wildman–Crippen MR) is 147 cm³/mol. The lowest BCUT2D eigenvalue weighted by molar-refractivity contribution is -0.123. The molecule has 0 spiro atoms. The molecular formula is C30H28N6O3. The van der Waals surface area contributed by atoms with Gasteiger partial charge in [0.1, 0.15) is 5.75 Å². The van der Waals surface area contributed by atoms with Crippen molar-refractivity contribution in [3.63, 3.8) is 0 Å². The molecule has 2 N–H and O–H groups in total. The van der Waals surface area contributed by atoms with Crippen molar-refractivity contribution in [1.82, 2.24) is 30.0 Å². The maximum Gasteiger partial charge on any atom is 0.258 e. The molecule has 0 atom stereocenters. The number of pyridine rings is 1. The number of hydrogen-bond acceptors (Lipinski definition) is 5. The van der Waals surface area contributed by atoms with E-state index in [-0.39, 0.29) is 18.4 Å². The van der Waals surface area contributed by atoms with Gasteiger partial charge in [0, 0.05) is 59.9 Å². The summed E-state index contributed by atoms with van der Waals surface area (Å²) >= 11 is 0. The van der Waals surface area contributed by atoms with Gasteiger partial charge in [-0.3, -0.25) is 19.3 Å². The molecule has 4 heterocycles. The van der Waals surface area contributed by atoms with Crippen LogP contribution in [0.5, 0.6) is 5.75 Å². The lowest BCUT2D eigenvalue weighted by Gasteiger charge is -2.21. The van der Waals surface area contributed by atoms with Crippen molar-refractivity contribution < 1.29 is 14.3 Å². The van der Waals surface area contributed by atoms with Crippen LogP contribution in [0.15, 0.2) is 48.8 Å². The average Bonchev–Trinajstić information content (AvgIpc) is 3.63. The van der Waals surface area contributed by atoms with Crippen molar-refractivity contribution in [2.75, 3.05) is 6.61 Å². The van der Waals surface area contributed by atoms with Gasteiger partial charge in [0.25, 0.3) is 11.8 Å². The van der Waals surface area contributed by atoms with E-state index in [0.717, 1.165) is 69.3 Å². The third-order valence-corrected chi connectivity index (χ3v) is 7.79. The number of nitrogens with one attached hydrogen (secondary N) is 2. The number of aryl methyl sites for hydroxylation is 4. The fourth-order valence-corrected chi connectivity index (χ4v) is 6.20. The van der Waals surface area contributed by atoms with Gasteiger partial charge in [-0.1, -0.05) is 6.07 Å². The van der Waals surface area contributed by atoms with Gasteiger partial charge < -0.3 is 19.9 Å². The zero-order valence-electron chi connectivity index (χ0n) is 21.9. The Morgan fingerprint density at radius 3 is 2.87 bits per heavy atom. The lowest BCUT2D eigenvalue weighted by atomic mass is 9.82. The molecule has 0 bridgehead atoms. The minimum Gasteiger partial charge on any atom is -0.484 e. The number of carbonyl (C=O) groups excluding carboxylic acids is 2. The second kappa shape index (κ2) is 8.97. The van der Waals surface area contributed by atoms with E-state index in [4.69, 9.17) is 4.74 Å². The Kier molecular flexibility index (Phi) is 5.40. The van der Waals surface area contributed by atoms with Crippen LogP contribution in [0.3, 0.4) is 0 Å². The number of benzene rings is 2. The molecule has 2 aromatic carbocycles. The topological polar surface area (TPSA) is 103 Å². The Balaban J connectivity index is 1.30. The summed E-state index contributed by atoms with van der Waals surface area (Å²) in [6.45, 7) is 3.68. The standard InChI is InChI=1S/C30H28N6O3/c1-3-36-24-10-7-18(39-16-25(37)32-13-17-6-4-5-11-31-17)12-20(24)27-21-14-33-30(38)28(21)26-19(29(27)36)8-9-23-22(26)15-35(2)34-23/h4-7,10-12,15H,3,8-9,13-14,16H2,1-2H3,(H,32,37)(H,33,38). The first-order valence-electron chi connectivity index (χ1n) is 13.3. The molecule has 0 fully saturated rings.